The van der Waals surface area contributed by atoms with Gasteiger partial charge in [-0.1, -0.05) is 0 Å². The van der Waals surface area contributed by atoms with Gasteiger partial charge in [0.25, 0.3) is 0 Å². The van der Waals surface area contributed by atoms with Gasteiger partial charge in [0.2, 0.25) is 0 Å². The summed E-state index contributed by atoms with van der Waals surface area (Å²) in [5, 5.41) is 2.31. The lowest BCUT2D eigenvalue weighted by Crippen LogP contribution is -2.81. The Labute approximate surface area is 50.2 Å². The minimum atomic E-state index is 0.556. The molecule has 8 heavy (non-hydrogen) atoms. The summed E-state index contributed by atoms with van der Waals surface area (Å²) in [7, 11) is 0. The van der Waals surface area contributed by atoms with Crippen LogP contribution in [0.3, 0.4) is 0 Å². The van der Waals surface area contributed by atoms with Crippen molar-refractivity contribution in [1.82, 2.24) is 0 Å². The normalized spacial score (nSPS) is 28.9. The van der Waals surface area contributed by atoms with Gasteiger partial charge in [0.15, 0.2) is 0 Å². The monoisotopic (exact) mass is 116 g/mol. The second-order valence-electron chi connectivity index (χ2n) is 2.18. The SMILES string of the molecule is CCO[C@@H]1CC[NH2+]C1. The molecule has 0 saturated carbocycles. The van der Waals surface area contributed by atoms with E-state index < -0.39 is 0 Å². The maximum absolute atomic E-state index is 5.37. The molecule has 0 aromatic rings. The minimum absolute atomic E-state index is 0.556. The first-order valence-corrected chi connectivity index (χ1v) is 3.36. The quantitative estimate of drug-likeness (QED) is 0.510. The largest absolute Gasteiger partial charge is 0.372 e. The molecule has 2 N–H and O–H groups in total. The second-order valence-corrected chi connectivity index (χ2v) is 2.18. The summed E-state index contributed by atoms with van der Waals surface area (Å²) >= 11 is 0. The predicted octanol–water partition coefficient (Wildman–Crippen LogP) is -0.641. The average Bonchev–Trinajstić information content (AvgIpc) is 2.19. The maximum atomic E-state index is 5.37. The maximum Gasteiger partial charge on any atom is 0.112 e. The standard InChI is InChI=1S/C6H13NO/c1-2-8-6-3-4-7-5-6/h6-7H,2-5H2,1H3/p+1/t6-/m1/s1. The molecule has 0 unspecified atom stereocenters. The van der Waals surface area contributed by atoms with Crippen LogP contribution >= 0.6 is 0 Å². The van der Waals surface area contributed by atoms with Crippen LogP contribution in [0.4, 0.5) is 0 Å². The van der Waals surface area contributed by atoms with E-state index >= 15 is 0 Å². The van der Waals surface area contributed by atoms with Crippen LogP contribution in [-0.2, 0) is 4.74 Å². The van der Waals surface area contributed by atoms with Crippen LogP contribution in [0.25, 0.3) is 0 Å². The van der Waals surface area contributed by atoms with E-state index in [0.29, 0.717) is 6.10 Å². The first-order chi connectivity index (χ1) is 3.93. The Morgan fingerprint density at radius 2 is 2.62 bits per heavy atom. The Morgan fingerprint density at radius 3 is 3.12 bits per heavy atom. The molecule has 1 aliphatic heterocycles. The number of rotatable bonds is 2. The summed E-state index contributed by atoms with van der Waals surface area (Å²) in [5.41, 5.74) is 0. The summed E-state index contributed by atoms with van der Waals surface area (Å²) in [6.45, 7) is 5.36. The smallest absolute Gasteiger partial charge is 0.112 e. The fraction of sp³-hybridized carbons (Fsp3) is 1.00. The van der Waals surface area contributed by atoms with Crippen LogP contribution in [0.5, 0.6) is 0 Å². The molecule has 2 heteroatoms. The molecule has 1 saturated heterocycles. The molecule has 1 atom stereocenters. The van der Waals surface area contributed by atoms with E-state index in [4.69, 9.17) is 4.74 Å². The zero-order valence-electron chi connectivity index (χ0n) is 5.39. The van der Waals surface area contributed by atoms with Gasteiger partial charge < -0.3 is 10.1 Å². The summed E-state index contributed by atoms with van der Waals surface area (Å²) < 4.78 is 5.37. The van der Waals surface area contributed by atoms with E-state index in [1.165, 1.54) is 19.5 Å². The van der Waals surface area contributed by atoms with Gasteiger partial charge in [0.1, 0.15) is 12.6 Å². The van der Waals surface area contributed by atoms with Gasteiger partial charge >= 0.3 is 0 Å². The predicted molar refractivity (Wildman–Crippen MR) is 31.7 cm³/mol. The molecule has 0 amide bonds. The zero-order valence-corrected chi connectivity index (χ0v) is 5.39. The molecule has 0 aliphatic carbocycles. The Morgan fingerprint density at radius 1 is 1.75 bits per heavy atom. The van der Waals surface area contributed by atoms with Gasteiger partial charge in [0, 0.05) is 13.0 Å². The van der Waals surface area contributed by atoms with E-state index in [2.05, 4.69) is 12.2 Å². The van der Waals surface area contributed by atoms with E-state index in [1.807, 2.05) is 0 Å². The van der Waals surface area contributed by atoms with Gasteiger partial charge in [0.05, 0.1) is 6.54 Å². The average molecular weight is 116 g/mol. The van der Waals surface area contributed by atoms with Crippen molar-refractivity contribution in [1.29, 1.82) is 0 Å². The Kier molecular flexibility index (Phi) is 2.30. The molecule has 1 rings (SSSR count). The third kappa shape index (κ3) is 1.46. The van der Waals surface area contributed by atoms with Crippen LogP contribution < -0.4 is 5.32 Å². The third-order valence-electron chi connectivity index (χ3n) is 1.52. The Hall–Kier alpha value is -0.0800. The van der Waals surface area contributed by atoms with Gasteiger partial charge in [-0.2, -0.15) is 0 Å². The summed E-state index contributed by atoms with van der Waals surface area (Å²) in [5.74, 6) is 0. The van der Waals surface area contributed by atoms with Crippen LogP contribution in [-0.4, -0.2) is 25.8 Å². The van der Waals surface area contributed by atoms with Crippen molar-refractivity contribution in [2.75, 3.05) is 19.7 Å². The highest BCUT2D eigenvalue weighted by atomic mass is 16.5. The van der Waals surface area contributed by atoms with Gasteiger partial charge in [-0.05, 0) is 6.92 Å². The molecular weight excluding hydrogens is 102 g/mol. The molecule has 2 nitrogen and oxygen atoms in total. The van der Waals surface area contributed by atoms with E-state index in [0.717, 1.165) is 6.61 Å². The fourth-order valence-corrected chi connectivity index (χ4v) is 1.11. The highest BCUT2D eigenvalue weighted by Gasteiger charge is 2.16. The van der Waals surface area contributed by atoms with Crippen molar-refractivity contribution in [2.24, 2.45) is 0 Å². The molecule has 0 bridgehead atoms. The van der Waals surface area contributed by atoms with Crippen molar-refractivity contribution >= 4 is 0 Å². The van der Waals surface area contributed by atoms with Crippen molar-refractivity contribution in [3.8, 4) is 0 Å². The van der Waals surface area contributed by atoms with Crippen LogP contribution in [0.2, 0.25) is 0 Å². The Balaban J connectivity index is 2.06. The van der Waals surface area contributed by atoms with Gasteiger partial charge in [-0.25, -0.2) is 0 Å². The molecule has 1 heterocycles. The molecule has 0 aromatic heterocycles. The Bertz CT molecular complexity index is 59.5. The van der Waals surface area contributed by atoms with Crippen LogP contribution in [0.15, 0.2) is 0 Å². The third-order valence-corrected chi connectivity index (χ3v) is 1.52. The van der Waals surface area contributed by atoms with Crippen LogP contribution in [0.1, 0.15) is 13.3 Å². The van der Waals surface area contributed by atoms with E-state index in [9.17, 15) is 0 Å². The zero-order chi connectivity index (χ0) is 5.82. The molecule has 1 aliphatic rings. The molecule has 1 fully saturated rings. The van der Waals surface area contributed by atoms with Crippen molar-refractivity contribution < 1.29 is 10.1 Å². The number of ether oxygens (including phenoxy) is 1. The number of hydrogen-bond donors (Lipinski definition) is 1. The summed E-state index contributed by atoms with van der Waals surface area (Å²) in [4.78, 5) is 0. The fourth-order valence-electron chi connectivity index (χ4n) is 1.11. The number of hydrogen-bond acceptors (Lipinski definition) is 1. The van der Waals surface area contributed by atoms with E-state index in [-0.39, 0.29) is 0 Å². The van der Waals surface area contributed by atoms with Crippen LogP contribution in [0, 0.1) is 0 Å². The highest BCUT2D eigenvalue weighted by Crippen LogP contribution is 1.96. The summed E-state index contributed by atoms with van der Waals surface area (Å²) in [6, 6.07) is 0. The lowest BCUT2D eigenvalue weighted by Gasteiger charge is -2.02. The molecule has 0 aromatic carbocycles. The molecular formula is C6H14NO+. The van der Waals surface area contributed by atoms with Gasteiger partial charge in [-0.15, -0.1) is 0 Å². The van der Waals surface area contributed by atoms with Crippen molar-refractivity contribution in [2.45, 2.75) is 19.4 Å². The minimum Gasteiger partial charge on any atom is -0.372 e. The first-order valence-electron chi connectivity index (χ1n) is 3.36. The molecule has 0 radical (unpaired) electrons. The molecule has 48 valence electrons. The van der Waals surface area contributed by atoms with Crippen molar-refractivity contribution in [3.05, 3.63) is 0 Å². The van der Waals surface area contributed by atoms with Gasteiger partial charge in [-0.3, -0.25) is 0 Å². The molecule has 0 spiro atoms. The first kappa shape index (κ1) is 6.05. The van der Waals surface area contributed by atoms with Crippen molar-refractivity contribution in [3.63, 3.8) is 0 Å². The topological polar surface area (TPSA) is 25.8 Å². The number of quaternary nitrogens is 1. The highest BCUT2D eigenvalue weighted by molar-refractivity contribution is 4.57. The van der Waals surface area contributed by atoms with E-state index in [1.54, 1.807) is 0 Å². The lowest BCUT2D eigenvalue weighted by molar-refractivity contribution is -0.638. The number of nitrogens with two attached hydrogens (primary N) is 1. The second kappa shape index (κ2) is 3.05. The summed E-state index contributed by atoms with van der Waals surface area (Å²) in [6.07, 6.45) is 1.80. The lowest BCUT2D eigenvalue weighted by atomic mass is 10.3.